The lowest BCUT2D eigenvalue weighted by molar-refractivity contribution is 0.162. The van der Waals surface area contributed by atoms with Crippen molar-refractivity contribution in [3.05, 3.63) is 60.2 Å². The summed E-state index contributed by atoms with van der Waals surface area (Å²) in [6.45, 7) is 0.0664. The van der Waals surface area contributed by atoms with Gasteiger partial charge in [-0.25, -0.2) is 8.42 Å². The fourth-order valence-corrected chi connectivity index (χ4v) is 5.81. The molecule has 130 valence electrons. The second-order valence-electron chi connectivity index (χ2n) is 6.11. The zero-order valence-electron chi connectivity index (χ0n) is 14.0. The van der Waals surface area contributed by atoms with Gasteiger partial charge in [0.05, 0.1) is 29.9 Å². The summed E-state index contributed by atoms with van der Waals surface area (Å²) in [6, 6.07) is 17.6. The van der Waals surface area contributed by atoms with Crippen LogP contribution in [0.2, 0.25) is 0 Å². The van der Waals surface area contributed by atoms with E-state index >= 15 is 0 Å². The first kappa shape index (κ1) is 17.5. The van der Waals surface area contributed by atoms with Gasteiger partial charge >= 0.3 is 0 Å². The maximum absolute atomic E-state index is 13.1. The largest absolute Gasteiger partial charge is 0.497 e. The molecular weight excluding hydrogens is 338 g/mol. The van der Waals surface area contributed by atoms with Crippen LogP contribution in [0.1, 0.15) is 11.5 Å². The van der Waals surface area contributed by atoms with Crippen LogP contribution in [0.25, 0.3) is 0 Å². The number of rotatable bonds is 6. The molecule has 0 heterocycles. The standard InChI is InChI=1S/C19H19NO4S/c1-23-13-19(12-20)17(14-8-10-15(24-2)11-9-14)18(19)25(21,22)16-6-4-3-5-7-16/h3-11,17-18H,13H2,1-2H3/t17-,18-,19+/m0/s1. The molecule has 3 rings (SSSR count). The molecular formula is C19H19NO4S. The molecule has 0 amide bonds. The minimum atomic E-state index is -3.65. The average molecular weight is 357 g/mol. The van der Waals surface area contributed by atoms with E-state index in [4.69, 9.17) is 9.47 Å². The number of sulfone groups is 1. The molecule has 2 aromatic carbocycles. The number of ether oxygens (including phenoxy) is 2. The van der Waals surface area contributed by atoms with Gasteiger partial charge in [-0.05, 0) is 29.8 Å². The molecule has 0 radical (unpaired) electrons. The van der Waals surface area contributed by atoms with E-state index in [9.17, 15) is 13.7 Å². The van der Waals surface area contributed by atoms with E-state index in [1.54, 1.807) is 49.6 Å². The third-order valence-electron chi connectivity index (χ3n) is 4.73. The predicted molar refractivity (Wildman–Crippen MR) is 93.1 cm³/mol. The highest BCUT2D eigenvalue weighted by Crippen LogP contribution is 2.63. The van der Waals surface area contributed by atoms with E-state index in [2.05, 4.69) is 6.07 Å². The lowest BCUT2D eigenvalue weighted by Crippen LogP contribution is -2.19. The molecule has 0 saturated heterocycles. The van der Waals surface area contributed by atoms with E-state index < -0.39 is 26.4 Å². The summed E-state index contributed by atoms with van der Waals surface area (Å²) in [4.78, 5) is 0.228. The summed E-state index contributed by atoms with van der Waals surface area (Å²) in [5.41, 5.74) is -0.290. The van der Waals surface area contributed by atoms with Crippen molar-refractivity contribution in [2.75, 3.05) is 20.8 Å². The Bertz CT molecular complexity index is 887. The summed E-state index contributed by atoms with van der Waals surface area (Å²) >= 11 is 0. The highest BCUT2D eigenvalue weighted by atomic mass is 32.2. The predicted octanol–water partition coefficient (Wildman–Crippen LogP) is 2.79. The SMILES string of the molecule is COC[C@]1(C#N)[C@@H](c2ccc(OC)cc2)[C@@H]1S(=O)(=O)c1ccccc1. The second kappa shape index (κ2) is 6.51. The normalized spacial score (nSPS) is 25.2. The van der Waals surface area contributed by atoms with Crippen LogP contribution in [0.15, 0.2) is 59.5 Å². The van der Waals surface area contributed by atoms with E-state index in [1.807, 2.05) is 12.1 Å². The Kier molecular flexibility index (Phi) is 4.55. The van der Waals surface area contributed by atoms with Crippen LogP contribution in [-0.4, -0.2) is 34.5 Å². The van der Waals surface area contributed by atoms with E-state index in [0.29, 0.717) is 5.75 Å². The fourth-order valence-electron chi connectivity index (χ4n) is 3.48. The van der Waals surface area contributed by atoms with Crippen molar-refractivity contribution in [3.63, 3.8) is 0 Å². The van der Waals surface area contributed by atoms with Crippen LogP contribution in [0.3, 0.4) is 0 Å². The van der Waals surface area contributed by atoms with Gasteiger partial charge in [-0.15, -0.1) is 0 Å². The number of hydrogen-bond acceptors (Lipinski definition) is 5. The smallest absolute Gasteiger partial charge is 0.183 e. The molecule has 0 spiro atoms. The third-order valence-corrected chi connectivity index (χ3v) is 7.02. The first-order chi connectivity index (χ1) is 12.0. The lowest BCUT2D eigenvalue weighted by atomic mass is 10.0. The lowest BCUT2D eigenvalue weighted by Gasteiger charge is -2.08. The molecule has 25 heavy (non-hydrogen) atoms. The Labute approximate surface area is 147 Å². The van der Waals surface area contributed by atoms with Gasteiger partial charge in [-0.1, -0.05) is 30.3 Å². The minimum Gasteiger partial charge on any atom is -0.497 e. The Hall–Kier alpha value is -2.36. The number of hydrogen-bond donors (Lipinski definition) is 0. The van der Waals surface area contributed by atoms with Crippen molar-refractivity contribution in [3.8, 4) is 11.8 Å². The third kappa shape index (κ3) is 2.80. The summed E-state index contributed by atoms with van der Waals surface area (Å²) in [6.07, 6.45) is 0. The molecule has 0 aliphatic heterocycles. The van der Waals surface area contributed by atoms with Crippen molar-refractivity contribution in [2.45, 2.75) is 16.1 Å². The first-order valence-corrected chi connectivity index (χ1v) is 9.39. The highest BCUT2D eigenvalue weighted by Gasteiger charge is 2.72. The molecule has 0 bridgehead atoms. The Morgan fingerprint density at radius 1 is 1.08 bits per heavy atom. The summed E-state index contributed by atoms with van der Waals surface area (Å²) in [5.74, 6) is 0.245. The van der Waals surface area contributed by atoms with E-state index in [-0.39, 0.29) is 11.5 Å². The summed E-state index contributed by atoms with van der Waals surface area (Å²) in [7, 11) is -0.605. The molecule has 6 heteroatoms. The quantitative estimate of drug-likeness (QED) is 0.794. The van der Waals surface area contributed by atoms with Crippen LogP contribution in [0.5, 0.6) is 5.75 Å². The molecule has 0 unspecified atom stereocenters. The van der Waals surface area contributed by atoms with Crippen LogP contribution < -0.4 is 4.74 Å². The number of nitriles is 1. The van der Waals surface area contributed by atoms with Crippen LogP contribution in [0, 0.1) is 16.7 Å². The Balaban J connectivity index is 2.05. The minimum absolute atomic E-state index is 0.0664. The molecule has 1 aliphatic carbocycles. The monoisotopic (exact) mass is 357 g/mol. The highest BCUT2D eigenvalue weighted by molar-refractivity contribution is 7.92. The maximum Gasteiger partial charge on any atom is 0.183 e. The molecule has 3 atom stereocenters. The van der Waals surface area contributed by atoms with Crippen molar-refractivity contribution in [1.82, 2.24) is 0 Å². The van der Waals surface area contributed by atoms with E-state index in [0.717, 1.165) is 5.56 Å². The molecule has 1 aliphatic rings. The Morgan fingerprint density at radius 3 is 2.24 bits per heavy atom. The number of methoxy groups -OCH3 is 2. The van der Waals surface area contributed by atoms with Gasteiger partial charge in [0.2, 0.25) is 0 Å². The zero-order valence-corrected chi connectivity index (χ0v) is 14.9. The van der Waals surface area contributed by atoms with Gasteiger partial charge in [-0.3, -0.25) is 0 Å². The molecule has 0 N–H and O–H groups in total. The van der Waals surface area contributed by atoms with Crippen LogP contribution >= 0.6 is 0 Å². The summed E-state index contributed by atoms with van der Waals surface area (Å²) in [5, 5.41) is 8.95. The average Bonchev–Trinajstić information content (AvgIpc) is 3.32. The zero-order chi connectivity index (χ0) is 18.1. The van der Waals surface area contributed by atoms with Crippen molar-refractivity contribution in [1.29, 1.82) is 5.26 Å². The first-order valence-electron chi connectivity index (χ1n) is 7.84. The second-order valence-corrected chi connectivity index (χ2v) is 8.18. The molecule has 0 aromatic heterocycles. The molecule has 5 nitrogen and oxygen atoms in total. The van der Waals surface area contributed by atoms with Gasteiger partial charge in [0, 0.05) is 13.0 Å². The maximum atomic E-state index is 13.1. The molecule has 1 saturated carbocycles. The van der Waals surface area contributed by atoms with Crippen molar-refractivity contribution >= 4 is 9.84 Å². The topological polar surface area (TPSA) is 76.4 Å². The van der Waals surface area contributed by atoms with Crippen molar-refractivity contribution < 1.29 is 17.9 Å². The van der Waals surface area contributed by atoms with Gasteiger partial charge < -0.3 is 9.47 Å². The van der Waals surface area contributed by atoms with Crippen LogP contribution in [-0.2, 0) is 14.6 Å². The van der Waals surface area contributed by atoms with Gasteiger partial charge in [0.25, 0.3) is 0 Å². The van der Waals surface area contributed by atoms with Gasteiger partial charge in [0.15, 0.2) is 9.84 Å². The molecule has 2 aromatic rings. The van der Waals surface area contributed by atoms with E-state index in [1.165, 1.54) is 7.11 Å². The van der Waals surface area contributed by atoms with Crippen molar-refractivity contribution in [2.24, 2.45) is 5.41 Å². The van der Waals surface area contributed by atoms with Crippen LogP contribution in [0.4, 0.5) is 0 Å². The number of benzene rings is 2. The van der Waals surface area contributed by atoms with Gasteiger partial charge in [0.1, 0.15) is 11.2 Å². The number of nitrogens with zero attached hydrogens (tertiary/aromatic N) is 1. The van der Waals surface area contributed by atoms with Gasteiger partial charge in [-0.2, -0.15) is 5.26 Å². The molecule has 1 fully saturated rings. The Morgan fingerprint density at radius 2 is 1.72 bits per heavy atom. The summed E-state index contributed by atoms with van der Waals surface area (Å²) < 4.78 is 36.6. The fraction of sp³-hybridized carbons (Fsp3) is 0.316.